The fourth-order valence-corrected chi connectivity index (χ4v) is 0.851. The molecular formula is C9H15N3O. The molecule has 0 aliphatic heterocycles. The lowest BCUT2D eigenvalue weighted by Crippen LogP contribution is -2.17. The van der Waals surface area contributed by atoms with E-state index in [1.165, 1.54) is 0 Å². The first-order valence-electron chi connectivity index (χ1n) is 4.32. The van der Waals surface area contributed by atoms with Crippen LogP contribution < -0.4 is 5.32 Å². The highest BCUT2D eigenvalue weighted by Crippen LogP contribution is 2.04. The van der Waals surface area contributed by atoms with Gasteiger partial charge in [-0.2, -0.15) is 0 Å². The van der Waals surface area contributed by atoms with Crippen molar-refractivity contribution in [3.05, 3.63) is 17.5 Å². The highest BCUT2D eigenvalue weighted by atomic mass is 16.3. The van der Waals surface area contributed by atoms with Gasteiger partial charge in [-0.3, -0.25) is 0 Å². The summed E-state index contributed by atoms with van der Waals surface area (Å²) < 4.78 is 0. The third-order valence-electron chi connectivity index (χ3n) is 1.78. The van der Waals surface area contributed by atoms with Crippen LogP contribution in [0.5, 0.6) is 0 Å². The topological polar surface area (TPSA) is 58.0 Å². The predicted octanol–water partition coefficient (Wildman–Crippen LogP) is 0.886. The molecule has 1 rings (SSSR count). The van der Waals surface area contributed by atoms with E-state index < -0.39 is 0 Å². The van der Waals surface area contributed by atoms with Gasteiger partial charge in [0.2, 0.25) is 5.95 Å². The van der Waals surface area contributed by atoms with Crippen LogP contribution in [-0.2, 0) is 0 Å². The standard InChI is InChI=1S/C9H15N3O/c1-6-4-10-9(12-8(6)3)11-5-7(2)13/h4,7,13H,5H2,1-3H3,(H,10,11,12)/t7-/m1/s1. The zero-order valence-electron chi connectivity index (χ0n) is 8.20. The summed E-state index contributed by atoms with van der Waals surface area (Å²) in [7, 11) is 0. The number of aryl methyl sites for hydroxylation is 2. The summed E-state index contributed by atoms with van der Waals surface area (Å²) in [5.41, 5.74) is 2.03. The third-order valence-corrected chi connectivity index (χ3v) is 1.78. The molecule has 0 spiro atoms. The van der Waals surface area contributed by atoms with Gasteiger partial charge in [0.05, 0.1) is 6.10 Å². The quantitative estimate of drug-likeness (QED) is 0.727. The molecule has 0 amide bonds. The lowest BCUT2D eigenvalue weighted by atomic mass is 10.3. The fourth-order valence-electron chi connectivity index (χ4n) is 0.851. The molecule has 0 radical (unpaired) electrons. The largest absolute Gasteiger partial charge is 0.392 e. The molecule has 0 aliphatic carbocycles. The van der Waals surface area contributed by atoms with Gasteiger partial charge in [0.25, 0.3) is 0 Å². The molecule has 4 nitrogen and oxygen atoms in total. The first-order valence-corrected chi connectivity index (χ1v) is 4.32. The maximum Gasteiger partial charge on any atom is 0.222 e. The second-order valence-corrected chi connectivity index (χ2v) is 3.19. The third kappa shape index (κ3) is 2.99. The van der Waals surface area contributed by atoms with Gasteiger partial charge in [-0.25, -0.2) is 9.97 Å². The molecule has 0 aromatic carbocycles. The molecule has 4 heteroatoms. The van der Waals surface area contributed by atoms with E-state index >= 15 is 0 Å². The lowest BCUT2D eigenvalue weighted by Gasteiger charge is -2.07. The Balaban J connectivity index is 2.63. The molecule has 2 N–H and O–H groups in total. The number of aliphatic hydroxyl groups is 1. The Morgan fingerprint density at radius 2 is 2.23 bits per heavy atom. The minimum absolute atomic E-state index is 0.384. The summed E-state index contributed by atoms with van der Waals surface area (Å²) in [5, 5.41) is 12.0. The average molecular weight is 181 g/mol. The molecule has 0 fully saturated rings. The van der Waals surface area contributed by atoms with Crippen molar-refractivity contribution in [1.29, 1.82) is 0 Å². The average Bonchev–Trinajstić information content (AvgIpc) is 2.07. The Morgan fingerprint density at radius 3 is 2.77 bits per heavy atom. The molecule has 0 bridgehead atoms. The molecule has 1 aromatic heterocycles. The van der Waals surface area contributed by atoms with Crippen LogP contribution >= 0.6 is 0 Å². The number of aliphatic hydroxyl groups excluding tert-OH is 1. The van der Waals surface area contributed by atoms with Gasteiger partial charge in [0.15, 0.2) is 0 Å². The molecule has 1 atom stereocenters. The van der Waals surface area contributed by atoms with Gasteiger partial charge in [-0.15, -0.1) is 0 Å². The van der Waals surface area contributed by atoms with Crippen molar-refractivity contribution in [3.8, 4) is 0 Å². The van der Waals surface area contributed by atoms with E-state index in [9.17, 15) is 0 Å². The highest BCUT2D eigenvalue weighted by Gasteiger charge is 2.00. The van der Waals surface area contributed by atoms with Crippen molar-refractivity contribution in [2.75, 3.05) is 11.9 Å². The fraction of sp³-hybridized carbons (Fsp3) is 0.556. The van der Waals surface area contributed by atoms with Crippen molar-refractivity contribution in [2.24, 2.45) is 0 Å². The first-order chi connectivity index (χ1) is 6.09. The second-order valence-electron chi connectivity index (χ2n) is 3.19. The van der Waals surface area contributed by atoms with Crippen LogP contribution in [0.4, 0.5) is 5.95 Å². The number of rotatable bonds is 3. The number of nitrogens with zero attached hydrogens (tertiary/aromatic N) is 2. The number of nitrogens with one attached hydrogen (secondary N) is 1. The van der Waals surface area contributed by atoms with Crippen molar-refractivity contribution < 1.29 is 5.11 Å². The predicted molar refractivity (Wildman–Crippen MR) is 51.7 cm³/mol. The Bertz CT molecular complexity index is 286. The minimum Gasteiger partial charge on any atom is -0.392 e. The summed E-state index contributed by atoms with van der Waals surface area (Å²) in [5.74, 6) is 0.573. The zero-order valence-corrected chi connectivity index (χ0v) is 8.20. The molecule has 1 aromatic rings. The van der Waals surface area contributed by atoms with Crippen LogP contribution in [0.25, 0.3) is 0 Å². The molecule has 0 saturated carbocycles. The van der Waals surface area contributed by atoms with Crippen molar-refractivity contribution >= 4 is 5.95 Å². The van der Waals surface area contributed by atoms with E-state index in [1.54, 1.807) is 13.1 Å². The Labute approximate surface area is 78.0 Å². The molecule has 0 saturated heterocycles. The summed E-state index contributed by atoms with van der Waals surface area (Å²) in [4.78, 5) is 8.29. The number of aromatic nitrogens is 2. The summed E-state index contributed by atoms with van der Waals surface area (Å²) >= 11 is 0. The van der Waals surface area contributed by atoms with Crippen molar-refractivity contribution in [1.82, 2.24) is 9.97 Å². The zero-order chi connectivity index (χ0) is 9.84. The Kier molecular flexibility index (Phi) is 3.19. The van der Waals surface area contributed by atoms with Crippen molar-refractivity contribution in [2.45, 2.75) is 26.9 Å². The molecule has 1 heterocycles. The van der Waals surface area contributed by atoms with Gasteiger partial charge < -0.3 is 10.4 Å². The first kappa shape index (κ1) is 9.92. The minimum atomic E-state index is -0.384. The normalized spacial score (nSPS) is 12.6. The Hall–Kier alpha value is -1.16. The lowest BCUT2D eigenvalue weighted by molar-refractivity contribution is 0.208. The van der Waals surface area contributed by atoms with E-state index in [1.807, 2.05) is 13.8 Å². The van der Waals surface area contributed by atoms with E-state index in [4.69, 9.17) is 5.11 Å². The van der Waals surface area contributed by atoms with E-state index in [2.05, 4.69) is 15.3 Å². The molecule has 0 unspecified atom stereocenters. The molecule has 0 aliphatic rings. The van der Waals surface area contributed by atoms with Crippen LogP contribution in [0.2, 0.25) is 0 Å². The van der Waals surface area contributed by atoms with Gasteiger partial charge in [0, 0.05) is 18.4 Å². The summed E-state index contributed by atoms with van der Waals surface area (Å²) in [6.07, 6.45) is 1.39. The van der Waals surface area contributed by atoms with Crippen LogP contribution in [0, 0.1) is 13.8 Å². The smallest absolute Gasteiger partial charge is 0.222 e. The Morgan fingerprint density at radius 1 is 1.54 bits per heavy atom. The second kappa shape index (κ2) is 4.18. The van der Waals surface area contributed by atoms with Gasteiger partial charge in [-0.1, -0.05) is 0 Å². The van der Waals surface area contributed by atoms with Crippen LogP contribution in [0.3, 0.4) is 0 Å². The number of hydrogen-bond acceptors (Lipinski definition) is 4. The SMILES string of the molecule is Cc1cnc(NC[C@@H](C)O)nc1C. The van der Waals surface area contributed by atoms with Crippen LogP contribution in [0.15, 0.2) is 6.20 Å². The van der Waals surface area contributed by atoms with Crippen molar-refractivity contribution in [3.63, 3.8) is 0 Å². The highest BCUT2D eigenvalue weighted by molar-refractivity contribution is 5.28. The molecule has 13 heavy (non-hydrogen) atoms. The van der Waals surface area contributed by atoms with E-state index in [0.717, 1.165) is 11.3 Å². The van der Waals surface area contributed by atoms with Crippen LogP contribution in [-0.4, -0.2) is 27.7 Å². The summed E-state index contributed by atoms with van der Waals surface area (Å²) in [6.45, 7) is 6.09. The number of anilines is 1. The molecule has 72 valence electrons. The van der Waals surface area contributed by atoms with Gasteiger partial charge in [-0.05, 0) is 26.3 Å². The van der Waals surface area contributed by atoms with E-state index in [0.29, 0.717) is 12.5 Å². The van der Waals surface area contributed by atoms with E-state index in [-0.39, 0.29) is 6.10 Å². The summed E-state index contributed by atoms with van der Waals surface area (Å²) in [6, 6.07) is 0. The van der Waals surface area contributed by atoms with Gasteiger partial charge in [0.1, 0.15) is 0 Å². The van der Waals surface area contributed by atoms with Crippen LogP contribution in [0.1, 0.15) is 18.2 Å². The monoisotopic (exact) mass is 181 g/mol. The maximum absolute atomic E-state index is 9.02. The maximum atomic E-state index is 9.02. The number of hydrogen-bond donors (Lipinski definition) is 2. The molecular weight excluding hydrogens is 166 g/mol. The van der Waals surface area contributed by atoms with Gasteiger partial charge >= 0.3 is 0 Å².